The molecule has 0 saturated heterocycles. The second kappa shape index (κ2) is 5.51. The molecule has 18 heavy (non-hydrogen) atoms. The molecule has 0 bridgehead atoms. The molecule has 1 rings (SSSR count). The third-order valence-electron chi connectivity index (χ3n) is 2.31. The van der Waals surface area contributed by atoms with E-state index in [0.29, 0.717) is 0 Å². The summed E-state index contributed by atoms with van der Waals surface area (Å²) in [4.78, 5) is 10.5. The van der Waals surface area contributed by atoms with Gasteiger partial charge in [-0.15, -0.1) is 0 Å². The minimum atomic E-state index is -3.94. The molecule has 1 heterocycles. The van der Waals surface area contributed by atoms with Gasteiger partial charge in [0.15, 0.2) is 0 Å². The fourth-order valence-electron chi connectivity index (χ4n) is 1.08. The Hall–Kier alpha value is -1.38. The standard InChI is InChI=1S/C10H15NO6S/c1-6(2)7(12)5-11-18(15,16)9-4-3-8(17-9)10(13)14/h3-4,6-7,11-12H,5H2,1-2H3,(H,13,14). The van der Waals surface area contributed by atoms with Crippen LogP contribution in [-0.2, 0) is 10.0 Å². The number of sulfonamides is 1. The predicted octanol–water partition coefficient (Wildman–Crippen LogP) is 0.273. The van der Waals surface area contributed by atoms with E-state index in [1.54, 1.807) is 13.8 Å². The van der Waals surface area contributed by atoms with Gasteiger partial charge in [0, 0.05) is 6.54 Å². The maximum absolute atomic E-state index is 11.7. The van der Waals surface area contributed by atoms with Crippen molar-refractivity contribution in [2.45, 2.75) is 25.0 Å². The summed E-state index contributed by atoms with van der Waals surface area (Å²) < 4.78 is 30.2. The van der Waals surface area contributed by atoms with E-state index >= 15 is 0 Å². The molecule has 1 aromatic rings. The summed E-state index contributed by atoms with van der Waals surface area (Å²) in [6.45, 7) is 3.33. The number of carboxylic acids is 1. The highest BCUT2D eigenvalue weighted by molar-refractivity contribution is 7.89. The van der Waals surface area contributed by atoms with Gasteiger partial charge < -0.3 is 14.6 Å². The van der Waals surface area contributed by atoms with E-state index in [1.165, 1.54) is 0 Å². The maximum atomic E-state index is 11.7. The van der Waals surface area contributed by atoms with E-state index in [4.69, 9.17) is 5.11 Å². The van der Waals surface area contributed by atoms with Crippen molar-refractivity contribution < 1.29 is 27.8 Å². The first kappa shape index (κ1) is 14.7. The van der Waals surface area contributed by atoms with Gasteiger partial charge in [0.05, 0.1) is 6.10 Å². The van der Waals surface area contributed by atoms with Gasteiger partial charge in [0.1, 0.15) is 0 Å². The minimum Gasteiger partial charge on any atom is -0.475 e. The number of carboxylic acid groups (broad SMARTS) is 1. The molecule has 1 unspecified atom stereocenters. The zero-order valence-electron chi connectivity index (χ0n) is 9.95. The highest BCUT2D eigenvalue weighted by Crippen LogP contribution is 2.14. The lowest BCUT2D eigenvalue weighted by atomic mass is 10.1. The Kier molecular flexibility index (Phi) is 4.49. The van der Waals surface area contributed by atoms with Gasteiger partial charge in [-0.2, -0.15) is 0 Å². The number of furan rings is 1. The SMILES string of the molecule is CC(C)C(O)CNS(=O)(=O)c1ccc(C(=O)O)o1. The Bertz CT molecular complexity index is 518. The number of aromatic carboxylic acids is 1. The molecule has 3 N–H and O–H groups in total. The molecule has 0 spiro atoms. The fourth-order valence-corrected chi connectivity index (χ4v) is 2.06. The van der Waals surface area contributed by atoms with Gasteiger partial charge in [-0.3, -0.25) is 0 Å². The van der Waals surface area contributed by atoms with Crippen LogP contribution in [0.3, 0.4) is 0 Å². The molecular formula is C10H15NO6S. The van der Waals surface area contributed by atoms with Crippen LogP contribution in [0.15, 0.2) is 21.6 Å². The van der Waals surface area contributed by atoms with Crippen molar-refractivity contribution in [3.8, 4) is 0 Å². The molecule has 0 radical (unpaired) electrons. The molecule has 0 saturated carbocycles. The van der Waals surface area contributed by atoms with Crippen LogP contribution < -0.4 is 4.72 Å². The number of rotatable bonds is 6. The van der Waals surface area contributed by atoms with Gasteiger partial charge in [-0.05, 0) is 18.1 Å². The smallest absolute Gasteiger partial charge is 0.371 e. The molecule has 0 fully saturated rings. The quantitative estimate of drug-likeness (QED) is 0.687. The molecule has 0 aliphatic rings. The molecule has 1 aromatic heterocycles. The second-order valence-electron chi connectivity index (χ2n) is 4.09. The van der Waals surface area contributed by atoms with Gasteiger partial charge in [0.25, 0.3) is 10.0 Å². The van der Waals surface area contributed by atoms with E-state index in [9.17, 15) is 18.3 Å². The highest BCUT2D eigenvalue weighted by Gasteiger charge is 2.22. The first-order valence-electron chi connectivity index (χ1n) is 5.25. The van der Waals surface area contributed by atoms with Crippen LogP contribution in [0.4, 0.5) is 0 Å². The number of hydrogen-bond acceptors (Lipinski definition) is 5. The summed E-state index contributed by atoms with van der Waals surface area (Å²) >= 11 is 0. The summed E-state index contributed by atoms with van der Waals surface area (Å²) in [6.07, 6.45) is -0.825. The Morgan fingerprint density at radius 2 is 2.06 bits per heavy atom. The third-order valence-corrected chi connectivity index (χ3v) is 3.60. The van der Waals surface area contributed by atoms with Crippen molar-refractivity contribution in [2.75, 3.05) is 6.54 Å². The van der Waals surface area contributed by atoms with Crippen LogP contribution in [0, 0.1) is 5.92 Å². The van der Waals surface area contributed by atoms with Crippen molar-refractivity contribution in [3.05, 3.63) is 17.9 Å². The van der Waals surface area contributed by atoms with Crippen molar-refractivity contribution >= 4 is 16.0 Å². The van der Waals surface area contributed by atoms with E-state index in [0.717, 1.165) is 12.1 Å². The predicted molar refractivity (Wildman–Crippen MR) is 61.7 cm³/mol. The Labute approximate surface area is 104 Å². The first-order chi connectivity index (χ1) is 8.24. The van der Waals surface area contributed by atoms with Gasteiger partial charge in [-0.25, -0.2) is 17.9 Å². The highest BCUT2D eigenvalue weighted by atomic mass is 32.2. The van der Waals surface area contributed by atoms with Crippen molar-refractivity contribution in [3.63, 3.8) is 0 Å². The lowest BCUT2D eigenvalue weighted by molar-refractivity contribution is 0.0656. The lowest BCUT2D eigenvalue weighted by Crippen LogP contribution is -2.34. The van der Waals surface area contributed by atoms with Gasteiger partial charge >= 0.3 is 5.97 Å². The van der Waals surface area contributed by atoms with E-state index in [2.05, 4.69) is 9.14 Å². The molecule has 0 aliphatic carbocycles. The normalized spacial score (nSPS) is 13.8. The van der Waals surface area contributed by atoms with Gasteiger partial charge in [-0.1, -0.05) is 13.8 Å². The number of carbonyl (C=O) groups is 1. The number of aliphatic hydroxyl groups is 1. The largest absolute Gasteiger partial charge is 0.475 e. The molecule has 0 aromatic carbocycles. The fraction of sp³-hybridized carbons (Fsp3) is 0.500. The summed E-state index contributed by atoms with van der Waals surface area (Å²) in [7, 11) is -3.94. The average molecular weight is 277 g/mol. The molecule has 7 nitrogen and oxygen atoms in total. The van der Waals surface area contributed by atoms with E-state index in [-0.39, 0.29) is 12.5 Å². The summed E-state index contributed by atoms with van der Waals surface area (Å²) in [5, 5.41) is 17.6. The van der Waals surface area contributed by atoms with Crippen molar-refractivity contribution in [1.29, 1.82) is 0 Å². The van der Waals surface area contributed by atoms with E-state index < -0.39 is 32.9 Å². The number of aliphatic hydroxyl groups excluding tert-OH is 1. The second-order valence-corrected chi connectivity index (χ2v) is 5.79. The third kappa shape index (κ3) is 3.56. The van der Waals surface area contributed by atoms with Crippen LogP contribution in [-0.4, -0.2) is 37.2 Å². The molecule has 102 valence electrons. The zero-order chi connectivity index (χ0) is 13.9. The Balaban J connectivity index is 2.77. The topological polar surface area (TPSA) is 117 Å². The van der Waals surface area contributed by atoms with Crippen LogP contribution in [0.1, 0.15) is 24.4 Å². The Morgan fingerprint density at radius 1 is 1.44 bits per heavy atom. The van der Waals surface area contributed by atoms with E-state index in [1.807, 2.05) is 0 Å². The van der Waals surface area contributed by atoms with Crippen LogP contribution in [0.2, 0.25) is 0 Å². The Morgan fingerprint density at radius 3 is 2.50 bits per heavy atom. The first-order valence-corrected chi connectivity index (χ1v) is 6.73. The van der Waals surface area contributed by atoms with Crippen molar-refractivity contribution in [1.82, 2.24) is 4.72 Å². The van der Waals surface area contributed by atoms with Crippen LogP contribution in [0.25, 0.3) is 0 Å². The molecule has 0 amide bonds. The van der Waals surface area contributed by atoms with Crippen LogP contribution >= 0.6 is 0 Å². The summed E-state index contributed by atoms with van der Waals surface area (Å²) in [5.41, 5.74) is 0. The molecule has 0 aliphatic heterocycles. The molecule has 8 heteroatoms. The monoisotopic (exact) mass is 277 g/mol. The maximum Gasteiger partial charge on any atom is 0.371 e. The summed E-state index contributed by atoms with van der Waals surface area (Å²) in [6, 6.07) is 2.10. The zero-order valence-corrected chi connectivity index (χ0v) is 10.8. The summed E-state index contributed by atoms with van der Waals surface area (Å²) in [5.74, 6) is -1.91. The van der Waals surface area contributed by atoms with Crippen molar-refractivity contribution in [2.24, 2.45) is 5.92 Å². The van der Waals surface area contributed by atoms with Crippen LogP contribution in [0.5, 0.6) is 0 Å². The number of hydrogen-bond donors (Lipinski definition) is 3. The van der Waals surface area contributed by atoms with Gasteiger partial charge in [0.2, 0.25) is 10.9 Å². The average Bonchev–Trinajstić information content (AvgIpc) is 2.75. The minimum absolute atomic E-state index is 0.0983. The number of nitrogens with one attached hydrogen (secondary N) is 1. The molecule has 1 atom stereocenters. The lowest BCUT2D eigenvalue weighted by Gasteiger charge is -2.14. The molecular weight excluding hydrogens is 262 g/mol.